The fourth-order valence-corrected chi connectivity index (χ4v) is 3.54. The third-order valence-corrected chi connectivity index (χ3v) is 4.63. The molecule has 0 fully saturated rings. The monoisotopic (exact) mass is 294 g/mol. The van der Waals surface area contributed by atoms with Gasteiger partial charge in [0, 0.05) is 0 Å². The maximum Gasteiger partial charge on any atom is 0.509 e. The normalized spacial score (nSPS) is 22.0. The lowest BCUT2D eigenvalue weighted by Gasteiger charge is -2.17. The Bertz CT molecular complexity index is 648. The molecule has 2 aromatic carbocycles. The van der Waals surface area contributed by atoms with Gasteiger partial charge < -0.3 is 9.47 Å². The Morgan fingerprint density at radius 1 is 0.773 bits per heavy atom. The highest BCUT2D eigenvalue weighted by Crippen LogP contribution is 2.37. The van der Waals surface area contributed by atoms with Crippen LogP contribution in [0.2, 0.25) is 0 Å². The third-order valence-electron chi connectivity index (χ3n) is 4.63. The Labute approximate surface area is 129 Å². The van der Waals surface area contributed by atoms with E-state index in [2.05, 4.69) is 12.1 Å². The van der Waals surface area contributed by atoms with Crippen molar-refractivity contribution in [1.82, 2.24) is 0 Å². The standard InChI is InChI=1S/C19H18O3/c20-19(21-17-11-9-13-5-1-3-7-15(13)17)22-18-12-10-14-6-2-4-8-16(14)18/h1-8,17-18H,9-12H2. The van der Waals surface area contributed by atoms with E-state index in [9.17, 15) is 4.79 Å². The van der Waals surface area contributed by atoms with Gasteiger partial charge in [0.2, 0.25) is 0 Å². The number of ether oxygens (including phenoxy) is 2. The van der Waals surface area contributed by atoms with Crippen LogP contribution in [0.5, 0.6) is 0 Å². The van der Waals surface area contributed by atoms with Crippen molar-refractivity contribution in [1.29, 1.82) is 0 Å². The lowest BCUT2D eigenvalue weighted by molar-refractivity contribution is -0.00221. The van der Waals surface area contributed by atoms with Crippen LogP contribution < -0.4 is 0 Å². The van der Waals surface area contributed by atoms with Gasteiger partial charge in [-0.05, 0) is 47.9 Å². The first-order chi connectivity index (χ1) is 10.8. The highest BCUT2D eigenvalue weighted by molar-refractivity contribution is 5.61. The Morgan fingerprint density at radius 2 is 1.23 bits per heavy atom. The van der Waals surface area contributed by atoms with Crippen LogP contribution in [-0.2, 0) is 22.3 Å². The topological polar surface area (TPSA) is 35.5 Å². The minimum Gasteiger partial charge on any atom is -0.426 e. The molecule has 2 unspecified atom stereocenters. The van der Waals surface area contributed by atoms with E-state index in [4.69, 9.17) is 9.47 Å². The summed E-state index contributed by atoms with van der Waals surface area (Å²) in [5.74, 6) is 0. The summed E-state index contributed by atoms with van der Waals surface area (Å²) in [5, 5.41) is 0. The van der Waals surface area contributed by atoms with Crippen molar-refractivity contribution < 1.29 is 14.3 Å². The summed E-state index contributed by atoms with van der Waals surface area (Å²) in [6.45, 7) is 0. The summed E-state index contributed by atoms with van der Waals surface area (Å²) in [7, 11) is 0. The van der Waals surface area contributed by atoms with Gasteiger partial charge in [-0.3, -0.25) is 0 Å². The van der Waals surface area contributed by atoms with Crippen LogP contribution in [0.1, 0.15) is 47.3 Å². The third kappa shape index (κ3) is 2.37. The fraction of sp³-hybridized carbons (Fsp3) is 0.316. The zero-order chi connectivity index (χ0) is 14.9. The largest absolute Gasteiger partial charge is 0.509 e. The molecule has 0 amide bonds. The van der Waals surface area contributed by atoms with Gasteiger partial charge in [0.05, 0.1) is 0 Å². The zero-order valence-electron chi connectivity index (χ0n) is 12.3. The van der Waals surface area contributed by atoms with E-state index < -0.39 is 6.16 Å². The molecule has 22 heavy (non-hydrogen) atoms. The van der Waals surface area contributed by atoms with E-state index in [0.717, 1.165) is 36.8 Å². The fourth-order valence-electron chi connectivity index (χ4n) is 3.54. The van der Waals surface area contributed by atoms with Gasteiger partial charge in [-0.25, -0.2) is 4.79 Å². The SMILES string of the molecule is O=C(OC1CCc2ccccc21)OC1CCc2ccccc21. The van der Waals surface area contributed by atoms with Crippen LogP contribution in [0.4, 0.5) is 4.79 Å². The molecule has 2 atom stereocenters. The first-order valence-electron chi connectivity index (χ1n) is 7.84. The predicted molar refractivity (Wildman–Crippen MR) is 82.6 cm³/mol. The average Bonchev–Trinajstić information content (AvgIpc) is 3.13. The highest BCUT2D eigenvalue weighted by Gasteiger charge is 2.29. The smallest absolute Gasteiger partial charge is 0.426 e. The number of rotatable bonds is 2. The number of carbonyl (C=O) groups excluding carboxylic acids is 1. The number of benzene rings is 2. The molecule has 0 aliphatic heterocycles. The molecule has 0 saturated heterocycles. The Balaban J connectivity index is 1.42. The summed E-state index contributed by atoms with van der Waals surface area (Å²) in [6.07, 6.45) is 2.72. The molecular formula is C19H18O3. The van der Waals surface area contributed by atoms with Gasteiger partial charge in [-0.2, -0.15) is 0 Å². The maximum absolute atomic E-state index is 12.1. The first-order valence-corrected chi connectivity index (χ1v) is 7.84. The van der Waals surface area contributed by atoms with Crippen molar-refractivity contribution in [3.63, 3.8) is 0 Å². The maximum atomic E-state index is 12.1. The van der Waals surface area contributed by atoms with Gasteiger partial charge in [0.25, 0.3) is 0 Å². The van der Waals surface area contributed by atoms with E-state index in [1.54, 1.807) is 0 Å². The molecule has 2 aliphatic rings. The molecule has 0 aromatic heterocycles. The summed E-state index contributed by atoms with van der Waals surface area (Å²) in [6, 6.07) is 16.3. The molecule has 3 nitrogen and oxygen atoms in total. The van der Waals surface area contributed by atoms with Crippen molar-refractivity contribution in [2.45, 2.75) is 37.9 Å². The van der Waals surface area contributed by atoms with E-state index in [1.165, 1.54) is 11.1 Å². The second-order valence-corrected chi connectivity index (χ2v) is 5.94. The van der Waals surface area contributed by atoms with Crippen LogP contribution >= 0.6 is 0 Å². The van der Waals surface area contributed by atoms with Crippen molar-refractivity contribution in [2.75, 3.05) is 0 Å². The Hall–Kier alpha value is -2.29. The number of fused-ring (bicyclic) bond motifs is 2. The van der Waals surface area contributed by atoms with Gasteiger partial charge in [0.1, 0.15) is 12.2 Å². The minimum atomic E-state index is -0.552. The predicted octanol–water partition coefficient (Wildman–Crippen LogP) is 4.51. The van der Waals surface area contributed by atoms with Crippen molar-refractivity contribution >= 4 is 6.16 Å². The molecular weight excluding hydrogens is 276 g/mol. The summed E-state index contributed by atoms with van der Waals surface area (Å²) >= 11 is 0. The van der Waals surface area contributed by atoms with E-state index in [-0.39, 0.29) is 12.2 Å². The zero-order valence-corrected chi connectivity index (χ0v) is 12.3. The first kappa shape index (κ1) is 13.4. The molecule has 2 aromatic rings. The van der Waals surface area contributed by atoms with Crippen LogP contribution in [0.15, 0.2) is 48.5 Å². The van der Waals surface area contributed by atoms with Gasteiger partial charge in [0.15, 0.2) is 0 Å². The van der Waals surface area contributed by atoms with Crippen molar-refractivity contribution in [3.05, 3.63) is 70.8 Å². The highest BCUT2D eigenvalue weighted by atomic mass is 16.7. The molecule has 0 bridgehead atoms. The summed E-state index contributed by atoms with van der Waals surface area (Å²) in [4.78, 5) is 12.1. The molecule has 4 rings (SSSR count). The molecule has 2 aliphatic carbocycles. The quantitative estimate of drug-likeness (QED) is 0.764. The lowest BCUT2D eigenvalue weighted by atomic mass is 10.1. The number of carbonyl (C=O) groups is 1. The molecule has 0 spiro atoms. The molecule has 0 radical (unpaired) electrons. The second kappa shape index (κ2) is 5.48. The van der Waals surface area contributed by atoms with E-state index >= 15 is 0 Å². The van der Waals surface area contributed by atoms with Crippen LogP contribution in [0.3, 0.4) is 0 Å². The van der Waals surface area contributed by atoms with E-state index in [0.29, 0.717) is 0 Å². The molecule has 3 heteroatoms. The van der Waals surface area contributed by atoms with Crippen molar-refractivity contribution in [2.24, 2.45) is 0 Å². The van der Waals surface area contributed by atoms with Gasteiger partial charge in [-0.1, -0.05) is 48.5 Å². The molecule has 0 N–H and O–H groups in total. The van der Waals surface area contributed by atoms with Gasteiger partial charge in [-0.15, -0.1) is 0 Å². The second-order valence-electron chi connectivity index (χ2n) is 5.94. The molecule has 0 heterocycles. The van der Waals surface area contributed by atoms with Crippen LogP contribution in [0.25, 0.3) is 0 Å². The summed E-state index contributed by atoms with van der Waals surface area (Å²) in [5.41, 5.74) is 4.77. The van der Waals surface area contributed by atoms with Gasteiger partial charge >= 0.3 is 6.16 Å². The lowest BCUT2D eigenvalue weighted by Crippen LogP contribution is -2.13. The number of hydrogen-bond acceptors (Lipinski definition) is 3. The van der Waals surface area contributed by atoms with Crippen LogP contribution in [-0.4, -0.2) is 6.16 Å². The van der Waals surface area contributed by atoms with Crippen molar-refractivity contribution in [3.8, 4) is 0 Å². The minimum absolute atomic E-state index is 0.166. The Morgan fingerprint density at radius 3 is 1.73 bits per heavy atom. The summed E-state index contributed by atoms with van der Waals surface area (Å²) < 4.78 is 11.1. The number of hydrogen-bond donors (Lipinski definition) is 0. The number of aryl methyl sites for hydroxylation is 2. The van der Waals surface area contributed by atoms with Crippen LogP contribution in [0, 0.1) is 0 Å². The average molecular weight is 294 g/mol. The van der Waals surface area contributed by atoms with E-state index in [1.807, 2.05) is 36.4 Å². The molecule has 112 valence electrons. The Kier molecular flexibility index (Phi) is 3.34. The molecule has 0 saturated carbocycles.